The van der Waals surface area contributed by atoms with Gasteiger partial charge in [-0.3, -0.25) is 0 Å². The van der Waals surface area contributed by atoms with E-state index in [2.05, 4.69) is 72.8 Å². The molecule has 0 saturated heterocycles. The highest BCUT2D eigenvalue weighted by Crippen LogP contribution is 2.44. The second kappa shape index (κ2) is 5.71. The van der Waals surface area contributed by atoms with E-state index in [-0.39, 0.29) is 0 Å². The Kier molecular flexibility index (Phi) is 3.00. The molecule has 30 heavy (non-hydrogen) atoms. The lowest BCUT2D eigenvalue weighted by molar-refractivity contribution is 1.36. The van der Waals surface area contributed by atoms with E-state index in [4.69, 9.17) is 15.0 Å². The van der Waals surface area contributed by atoms with Gasteiger partial charge in [0.2, 0.25) is 0 Å². The van der Waals surface area contributed by atoms with Crippen molar-refractivity contribution in [1.82, 2.24) is 4.98 Å². The monoisotopic (exact) mass is 381 g/mol. The Hall–Kier alpha value is -4.11. The van der Waals surface area contributed by atoms with Crippen molar-refractivity contribution in [2.45, 2.75) is 0 Å². The average Bonchev–Trinajstić information content (AvgIpc) is 3.36. The molecule has 5 aromatic rings. The topological polar surface area (TPSA) is 37.6 Å². The van der Waals surface area contributed by atoms with Crippen LogP contribution in [0.4, 0.5) is 11.4 Å². The summed E-state index contributed by atoms with van der Waals surface area (Å²) in [6, 6.07) is 31.3. The van der Waals surface area contributed by atoms with Crippen molar-refractivity contribution in [1.29, 1.82) is 0 Å². The van der Waals surface area contributed by atoms with E-state index in [0.29, 0.717) is 0 Å². The van der Waals surface area contributed by atoms with Gasteiger partial charge in [0.15, 0.2) is 0 Å². The third-order valence-electron chi connectivity index (χ3n) is 5.99. The first-order chi connectivity index (χ1) is 14.9. The van der Waals surface area contributed by atoms with Gasteiger partial charge in [-0.25, -0.2) is 15.0 Å². The van der Waals surface area contributed by atoms with Gasteiger partial charge in [0.1, 0.15) is 0 Å². The molecule has 0 amide bonds. The van der Waals surface area contributed by atoms with Gasteiger partial charge >= 0.3 is 0 Å². The fraction of sp³-hybridized carbons (Fsp3) is 0. The first kappa shape index (κ1) is 15.8. The molecule has 0 saturated carbocycles. The number of pyridine rings is 1. The van der Waals surface area contributed by atoms with Gasteiger partial charge in [0.25, 0.3) is 0 Å². The quantitative estimate of drug-likeness (QED) is 0.376. The zero-order chi connectivity index (χ0) is 19.7. The molecule has 0 N–H and O–H groups in total. The van der Waals surface area contributed by atoms with E-state index < -0.39 is 0 Å². The van der Waals surface area contributed by atoms with Crippen molar-refractivity contribution in [3.05, 3.63) is 112 Å². The highest BCUT2D eigenvalue weighted by atomic mass is 14.8. The van der Waals surface area contributed by atoms with Crippen molar-refractivity contribution < 1.29 is 0 Å². The Balaban J connectivity index is 1.56. The van der Waals surface area contributed by atoms with Crippen LogP contribution in [0.1, 0.15) is 0 Å². The zero-order valence-electron chi connectivity index (χ0n) is 16.0. The lowest BCUT2D eigenvalue weighted by atomic mass is 9.95. The summed E-state index contributed by atoms with van der Waals surface area (Å²) in [4.78, 5) is 14.9. The second-order valence-electron chi connectivity index (χ2n) is 7.69. The van der Waals surface area contributed by atoms with E-state index in [0.717, 1.165) is 55.4 Å². The summed E-state index contributed by atoms with van der Waals surface area (Å²) in [7, 11) is 0. The van der Waals surface area contributed by atoms with Crippen LogP contribution in [0.5, 0.6) is 0 Å². The molecule has 4 aromatic carbocycles. The predicted molar refractivity (Wildman–Crippen MR) is 118 cm³/mol. The minimum absolute atomic E-state index is 0.960. The summed E-state index contributed by atoms with van der Waals surface area (Å²) in [5, 5.41) is 5.51. The molecule has 138 valence electrons. The second-order valence-corrected chi connectivity index (χ2v) is 7.69. The van der Waals surface area contributed by atoms with Crippen LogP contribution in [-0.4, -0.2) is 4.98 Å². The molecule has 3 heterocycles. The van der Waals surface area contributed by atoms with Crippen LogP contribution in [0.25, 0.3) is 33.3 Å². The number of rotatable bonds is 1. The van der Waals surface area contributed by atoms with Crippen LogP contribution < -0.4 is 10.7 Å². The molecular weight excluding hydrogens is 366 g/mol. The zero-order valence-corrected chi connectivity index (χ0v) is 16.0. The van der Waals surface area contributed by atoms with E-state index in [1.54, 1.807) is 0 Å². The molecule has 3 heteroatoms. The summed E-state index contributed by atoms with van der Waals surface area (Å²) in [6.07, 6.45) is 0. The van der Waals surface area contributed by atoms with Crippen molar-refractivity contribution in [2.24, 2.45) is 9.98 Å². The number of nitrogens with zero attached hydrogens (tertiary/aromatic N) is 3. The van der Waals surface area contributed by atoms with Crippen LogP contribution in [0.3, 0.4) is 0 Å². The van der Waals surface area contributed by atoms with Gasteiger partial charge in [-0.1, -0.05) is 54.6 Å². The molecule has 0 fully saturated rings. The maximum atomic E-state index is 4.99. The highest BCUT2D eigenvalue weighted by Gasteiger charge is 2.24. The number of fused-ring (bicyclic) bond motifs is 7. The number of para-hydroxylation sites is 2. The summed E-state index contributed by atoms with van der Waals surface area (Å²) >= 11 is 0. The number of benzene rings is 4. The number of aromatic nitrogens is 1. The van der Waals surface area contributed by atoms with Crippen molar-refractivity contribution in [3.63, 3.8) is 0 Å². The normalized spacial score (nSPS) is 12.5. The SMILES string of the molecule is c1cc2c(c(-c3ccc4ccccc4n3)c1)-c1c3c(ccc1=N2)=c1ccccc1=N3. The van der Waals surface area contributed by atoms with Crippen LogP contribution in [0, 0.1) is 10.4 Å². The Morgan fingerprint density at radius 3 is 2.43 bits per heavy atom. The van der Waals surface area contributed by atoms with E-state index in [1.807, 2.05) is 18.2 Å². The van der Waals surface area contributed by atoms with Gasteiger partial charge < -0.3 is 0 Å². The van der Waals surface area contributed by atoms with E-state index >= 15 is 0 Å². The third-order valence-corrected chi connectivity index (χ3v) is 5.99. The summed E-state index contributed by atoms with van der Waals surface area (Å²) in [6.45, 7) is 0. The molecule has 0 bridgehead atoms. The van der Waals surface area contributed by atoms with Crippen molar-refractivity contribution in [2.75, 3.05) is 0 Å². The fourth-order valence-electron chi connectivity index (χ4n) is 4.63. The van der Waals surface area contributed by atoms with Crippen LogP contribution >= 0.6 is 0 Å². The van der Waals surface area contributed by atoms with Crippen LogP contribution in [-0.2, 0) is 0 Å². The average molecular weight is 381 g/mol. The molecular formula is C27H15N3. The lowest BCUT2D eigenvalue weighted by Crippen LogP contribution is -2.01. The minimum atomic E-state index is 0.960. The first-order valence-corrected chi connectivity index (χ1v) is 10.1. The van der Waals surface area contributed by atoms with Crippen LogP contribution in [0.2, 0.25) is 0 Å². The molecule has 0 unspecified atom stereocenters. The summed E-state index contributed by atoms with van der Waals surface area (Å²) < 4.78 is 0. The molecule has 1 aromatic heterocycles. The van der Waals surface area contributed by atoms with E-state index in [1.165, 1.54) is 10.4 Å². The number of hydrogen-bond donors (Lipinski definition) is 0. The predicted octanol–water partition coefficient (Wildman–Crippen LogP) is 5.39. The smallest absolute Gasteiger partial charge is 0.0817 e. The summed E-state index contributed by atoms with van der Waals surface area (Å²) in [5.41, 5.74) is 7.30. The van der Waals surface area contributed by atoms with Gasteiger partial charge in [-0.2, -0.15) is 0 Å². The molecule has 0 spiro atoms. The van der Waals surface area contributed by atoms with Gasteiger partial charge in [-0.05, 0) is 36.4 Å². The summed E-state index contributed by atoms with van der Waals surface area (Å²) in [5.74, 6) is 0. The van der Waals surface area contributed by atoms with Crippen LogP contribution in [0.15, 0.2) is 101 Å². The first-order valence-electron chi connectivity index (χ1n) is 10.1. The third kappa shape index (κ3) is 2.06. The molecule has 2 aliphatic rings. The van der Waals surface area contributed by atoms with Gasteiger partial charge in [-0.15, -0.1) is 0 Å². The maximum absolute atomic E-state index is 4.99. The Morgan fingerprint density at radius 2 is 1.43 bits per heavy atom. The Bertz CT molecular complexity index is 1750. The van der Waals surface area contributed by atoms with E-state index in [9.17, 15) is 0 Å². The maximum Gasteiger partial charge on any atom is 0.0817 e. The Morgan fingerprint density at radius 1 is 0.533 bits per heavy atom. The lowest BCUT2D eigenvalue weighted by Gasteiger charge is -2.11. The molecule has 2 aliphatic heterocycles. The molecule has 3 nitrogen and oxygen atoms in total. The number of hydrogen-bond acceptors (Lipinski definition) is 3. The highest BCUT2D eigenvalue weighted by molar-refractivity contribution is 5.97. The molecule has 0 atom stereocenters. The van der Waals surface area contributed by atoms with Gasteiger partial charge in [0.05, 0.1) is 33.3 Å². The van der Waals surface area contributed by atoms with Crippen molar-refractivity contribution >= 4 is 22.3 Å². The Labute approximate surface area is 172 Å². The fourth-order valence-corrected chi connectivity index (χ4v) is 4.63. The van der Waals surface area contributed by atoms with Gasteiger partial charge in [0, 0.05) is 32.5 Å². The molecule has 0 radical (unpaired) electrons. The minimum Gasteiger partial charge on any atom is -0.248 e. The molecule has 0 aliphatic carbocycles. The standard InChI is InChI=1S/C27H15N3/c1-3-9-20-16(6-1)12-14-22(28-20)19-8-5-11-23-25(19)26-24(29-23)15-13-18-17-7-2-4-10-21(17)30-27(18)26/h1-15H. The molecule has 7 rings (SSSR count). The van der Waals surface area contributed by atoms with Crippen molar-refractivity contribution in [3.8, 4) is 22.4 Å². The largest absolute Gasteiger partial charge is 0.248 e.